The summed E-state index contributed by atoms with van der Waals surface area (Å²) in [4.78, 5) is 24.9. The second kappa shape index (κ2) is 8.02. The molecule has 0 aliphatic heterocycles. The lowest BCUT2D eigenvalue weighted by Crippen LogP contribution is -2.46. The topological polar surface area (TPSA) is 69.6 Å². The summed E-state index contributed by atoms with van der Waals surface area (Å²) in [6.45, 7) is 4.88. The van der Waals surface area contributed by atoms with Gasteiger partial charge in [-0.25, -0.2) is 4.79 Å². The Morgan fingerprint density at radius 1 is 1.32 bits per heavy atom. The molecule has 5 heteroatoms. The molecule has 1 atom stereocenters. The summed E-state index contributed by atoms with van der Waals surface area (Å²) in [6, 6.07) is 0.0344. The fourth-order valence-electron chi connectivity index (χ4n) is 2.21. The molecule has 0 aromatic rings. The predicted octanol–water partition coefficient (Wildman–Crippen LogP) is 2.60. The lowest BCUT2D eigenvalue weighted by molar-refractivity contribution is -0.137. The zero-order valence-corrected chi connectivity index (χ0v) is 12.0. The normalized spacial score (nSPS) is 15.9. The van der Waals surface area contributed by atoms with Crippen LogP contribution in [0, 0.1) is 0 Å². The van der Waals surface area contributed by atoms with E-state index in [1.54, 1.807) is 0 Å². The minimum Gasteiger partial charge on any atom is -0.481 e. The third kappa shape index (κ3) is 5.94. The van der Waals surface area contributed by atoms with Crippen LogP contribution >= 0.6 is 0 Å². The van der Waals surface area contributed by atoms with Gasteiger partial charge in [-0.1, -0.05) is 26.7 Å². The molecule has 0 heterocycles. The molecule has 0 aromatic heterocycles. The van der Waals surface area contributed by atoms with Crippen LogP contribution in [-0.4, -0.2) is 40.6 Å². The van der Waals surface area contributed by atoms with E-state index >= 15 is 0 Å². The zero-order chi connectivity index (χ0) is 14.3. The van der Waals surface area contributed by atoms with Gasteiger partial charge in [0.25, 0.3) is 0 Å². The summed E-state index contributed by atoms with van der Waals surface area (Å²) in [5, 5.41) is 11.7. The van der Waals surface area contributed by atoms with E-state index in [2.05, 4.69) is 12.2 Å². The first-order chi connectivity index (χ1) is 9.08. The number of carboxylic acid groups (broad SMARTS) is 1. The van der Waals surface area contributed by atoms with Crippen molar-refractivity contribution in [2.45, 2.75) is 70.9 Å². The van der Waals surface area contributed by atoms with Crippen molar-refractivity contribution in [3.63, 3.8) is 0 Å². The quantitative estimate of drug-likeness (QED) is 0.676. The number of carbonyl (C=O) groups excluding carboxylic acids is 1. The first kappa shape index (κ1) is 15.8. The van der Waals surface area contributed by atoms with Gasteiger partial charge in [-0.15, -0.1) is 0 Å². The molecule has 1 unspecified atom stereocenters. The van der Waals surface area contributed by atoms with Crippen LogP contribution in [0.2, 0.25) is 0 Å². The van der Waals surface area contributed by atoms with Crippen molar-refractivity contribution in [3.8, 4) is 0 Å². The van der Waals surface area contributed by atoms with Crippen molar-refractivity contribution in [3.05, 3.63) is 0 Å². The van der Waals surface area contributed by atoms with E-state index in [0.29, 0.717) is 12.5 Å². The minimum absolute atomic E-state index is 0.00582. The van der Waals surface area contributed by atoms with Crippen LogP contribution in [-0.2, 0) is 4.79 Å². The summed E-state index contributed by atoms with van der Waals surface area (Å²) in [6.07, 6.45) is 5.81. The lowest BCUT2D eigenvalue weighted by Gasteiger charge is -2.26. The molecule has 0 aromatic carbocycles. The molecule has 0 spiro atoms. The number of hydrogen-bond acceptors (Lipinski definition) is 2. The number of urea groups is 1. The number of rotatable bonds is 9. The second-order valence-electron chi connectivity index (χ2n) is 5.31. The van der Waals surface area contributed by atoms with Gasteiger partial charge in [-0.05, 0) is 25.7 Å². The maximum atomic E-state index is 12.2. The summed E-state index contributed by atoms with van der Waals surface area (Å²) in [5.41, 5.74) is 0. The molecule has 19 heavy (non-hydrogen) atoms. The molecule has 1 aliphatic carbocycles. The Hall–Kier alpha value is -1.26. The molecule has 0 bridgehead atoms. The van der Waals surface area contributed by atoms with Crippen molar-refractivity contribution < 1.29 is 14.7 Å². The molecule has 1 saturated carbocycles. The monoisotopic (exact) mass is 270 g/mol. The summed E-state index contributed by atoms with van der Waals surface area (Å²) < 4.78 is 0. The first-order valence-electron chi connectivity index (χ1n) is 7.37. The van der Waals surface area contributed by atoms with E-state index in [1.165, 1.54) is 0 Å². The summed E-state index contributed by atoms with van der Waals surface area (Å²) >= 11 is 0. The van der Waals surface area contributed by atoms with Crippen LogP contribution in [0.5, 0.6) is 0 Å². The first-order valence-corrected chi connectivity index (χ1v) is 7.37. The Morgan fingerprint density at radius 2 is 2.00 bits per heavy atom. The molecule has 1 fully saturated rings. The fourth-order valence-corrected chi connectivity index (χ4v) is 2.21. The Kier molecular flexibility index (Phi) is 6.67. The van der Waals surface area contributed by atoms with Crippen molar-refractivity contribution in [1.29, 1.82) is 0 Å². The van der Waals surface area contributed by atoms with E-state index in [1.807, 2.05) is 11.8 Å². The van der Waals surface area contributed by atoms with Crippen molar-refractivity contribution >= 4 is 12.0 Å². The van der Waals surface area contributed by atoms with Crippen LogP contribution in [0.25, 0.3) is 0 Å². The minimum atomic E-state index is -0.856. The van der Waals surface area contributed by atoms with Gasteiger partial charge >= 0.3 is 12.0 Å². The standard InChI is InChI=1S/C14H26N2O3/c1-3-5-9-16(12-7-8-12)14(19)15-11(6-4-2)10-13(17)18/h11-12H,3-10H2,1-2H3,(H,15,19)(H,17,18). The molecule has 0 radical (unpaired) electrons. The third-order valence-electron chi connectivity index (χ3n) is 3.39. The number of nitrogens with zero attached hydrogens (tertiary/aromatic N) is 1. The number of carboxylic acids is 1. The van der Waals surface area contributed by atoms with Gasteiger partial charge < -0.3 is 15.3 Å². The van der Waals surface area contributed by atoms with Gasteiger partial charge in [0.1, 0.15) is 0 Å². The zero-order valence-electron chi connectivity index (χ0n) is 12.0. The van der Waals surface area contributed by atoms with Gasteiger partial charge in [-0.3, -0.25) is 4.79 Å². The predicted molar refractivity (Wildman–Crippen MR) is 74.1 cm³/mol. The highest BCUT2D eigenvalue weighted by Gasteiger charge is 2.32. The smallest absolute Gasteiger partial charge is 0.317 e. The van der Waals surface area contributed by atoms with Crippen LogP contribution in [0.3, 0.4) is 0 Å². The maximum absolute atomic E-state index is 12.2. The van der Waals surface area contributed by atoms with Crippen molar-refractivity contribution in [2.24, 2.45) is 0 Å². The SMILES string of the molecule is CCCCN(C(=O)NC(CCC)CC(=O)O)C1CC1. The number of nitrogens with one attached hydrogen (secondary N) is 1. The molecule has 1 aliphatic rings. The molecule has 5 nitrogen and oxygen atoms in total. The molecular formula is C14H26N2O3. The average Bonchev–Trinajstić information content (AvgIpc) is 3.13. The van der Waals surface area contributed by atoms with E-state index in [-0.39, 0.29) is 18.5 Å². The maximum Gasteiger partial charge on any atom is 0.317 e. The van der Waals surface area contributed by atoms with Crippen LogP contribution in [0.4, 0.5) is 4.79 Å². The molecule has 2 N–H and O–H groups in total. The molecule has 110 valence electrons. The Bertz CT molecular complexity index is 303. The van der Waals surface area contributed by atoms with Gasteiger partial charge in [0.15, 0.2) is 0 Å². The fraction of sp³-hybridized carbons (Fsp3) is 0.857. The van der Waals surface area contributed by atoms with Crippen LogP contribution in [0.1, 0.15) is 58.8 Å². The lowest BCUT2D eigenvalue weighted by atomic mass is 10.1. The molecular weight excluding hydrogens is 244 g/mol. The number of carbonyl (C=O) groups is 2. The third-order valence-corrected chi connectivity index (χ3v) is 3.39. The van der Waals surface area contributed by atoms with Crippen molar-refractivity contribution in [1.82, 2.24) is 10.2 Å². The number of hydrogen-bond donors (Lipinski definition) is 2. The van der Waals surface area contributed by atoms with E-state index in [4.69, 9.17) is 5.11 Å². The highest BCUT2D eigenvalue weighted by molar-refractivity contribution is 5.76. The van der Waals surface area contributed by atoms with Gasteiger partial charge in [0, 0.05) is 18.6 Å². The second-order valence-corrected chi connectivity index (χ2v) is 5.31. The largest absolute Gasteiger partial charge is 0.481 e. The Labute approximate surface area is 115 Å². The van der Waals surface area contributed by atoms with Crippen molar-refractivity contribution in [2.75, 3.05) is 6.54 Å². The van der Waals surface area contributed by atoms with Crippen LogP contribution in [0.15, 0.2) is 0 Å². The number of unbranched alkanes of at least 4 members (excludes halogenated alkanes) is 1. The average molecular weight is 270 g/mol. The Balaban J connectivity index is 2.49. The van der Waals surface area contributed by atoms with E-state index in [9.17, 15) is 9.59 Å². The molecule has 2 amide bonds. The van der Waals surface area contributed by atoms with Crippen LogP contribution < -0.4 is 5.32 Å². The van der Waals surface area contributed by atoms with Gasteiger partial charge in [0.2, 0.25) is 0 Å². The molecule has 0 saturated heterocycles. The summed E-state index contributed by atoms with van der Waals surface area (Å²) in [7, 11) is 0. The highest BCUT2D eigenvalue weighted by atomic mass is 16.4. The highest BCUT2D eigenvalue weighted by Crippen LogP contribution is 2.27. The number of amides is 2. The van der Waals surface area contributed by atoms with Gasteiger partial charge in [0.05, 0.1) is 6.42 Å². The van der Waals surface area contributed by atoms with E-state index in [0.717, 1.165) is 38.6 Å². The van der Waals surface area contributed by atoms with E-state index < -0.39 is 5.97 Å². The summed E-state index contributed by atoms with van der Waals surface area (Å²) in [5.74, 6) is -0.856. The Morgan fingerprint density at radius 3 is 2.47 bits per heavy atom. The molecule has 1 rings (SSSR count). The number of aliphatic carboxylic acids is 1. The van der Waals surface area contributed by atoms with Gasteiger partial charge in [-0.2, -0.15) is 0 Å².